The summed E-state index contributed by atoms with van der Waals surface area (Å²) in [5.74, 6) is 0.623. The van der Waals surface area contributed by atoms with Crippen LogP contribution >= 0.6 is 0 Å². The molecule has 6 nitrogen and oxygen atoms in total. The third kappa shape index (κ3) is 3.24. The number of rotatable bonds is 3. The molecule has 3 heterocycles. The van der Waals surface area contributed by atoms with Crippen LogP contribution in [0.4, 0.5) is 0 Å². The number of hydrogen-bond donors (Lipinski definition) is 0. The monoisotopic (exact) mass is 321 g/mol. The molecule has 7 heteroatoms. The molecule has 0 aliphatic carbocycles. The molecule has 0 radical (unpaired) electrons. The van der Waals surface area contributed by atoms with Gasteiger partial charge in [0.15, 0.2) is 0 Å². The Kier molecular flexibility index (Phi) is 4.40. The van der Waals surface area contributed by atoms with Gasteiger partial charge in [-0.05, 0) is 39.2 Å². The summed E-state index contributed by atoms with van der Waals surface area (Å²) in [6.45, 7) is 9.66. The number of hydrogen-bond acceptors (Lipinski definition) is 6. The van der Waals surface area contributed by atoms with Crippen LogP contribution in [0.2, 0.25) is 0 Å². The first-order valence-corrected chi connectivity index (χ1v) is 7.89. The molecule has 2 saturated heterocycles. The van der Waals surface area contributed by atoms with Crippen LogP contribution in [0.25, 0.3) is 0 Å². The quantitative estimate of drug-likeness (QED) is 0.786. The van der Waals surface area contributed by atoms with Crippen molar-refractivity contribution in [1.82, 2.24) is 4.98 Å². The Bertz CT molecular complexity index is 556. The van der Waals surface area contributed by atoms with Crippen LogP contribution in [0.5, 0.6) is 5.88 Å². The molecule has 0 N–H and O–H groups in total. The molecular formula is C16H24BNO5. The van der Waals surface area contributed by atoms with E-state index < -0.39 is 7.12 Å². The molecule has 0 aromatic carbocycles. The van der Waals surface area contributed by atoms with Crippen LogP contribution in [-0.2, 0) is 18.8 Å². The Labute approximate surface area is 137 Å². The van der Waals surface area contributed by atoms with E-state index in [-0.39, 0.29) is 17.1 Å². The second-order valence-electron chi connectivity index (χ2n) is 7.01. The summed E-state index contributed by atoms with van der Waals surface area (Å²) in [6.07, 6.45) is 0. The molecule has 2 aliphatic rings. The normalized spacial score (nSPS) is 24.0. The van der Waals surface area contributed by atoms with Crippen molar-refractivity contribution in [3.05, 3.63) is 17.8 Å². The predicted octanol–water partition coefficient (Wildman–Crippen LogP) is 1.48. The Balaban J connectivity index is 1.90. The maximum atomic E-state index is 6.12. The Morgan fingerprint density at radius 2 is 1.70 bits per heavy atom. The number of nitrogens with zero attached hydrogens (tertiary/aromatic N) is 1. The number of methoxy groups -OCH3 is 1. The summed E-state index contributed by atoms with van der Waals surface area (Å²) in [7, 11) is 1.16. The van der Waals surface area contributed by atoms with Crippen LogP contribution in [0.15, 0.2) is 12.1 Å². The zero-order chi connectivity index (χ0) is 16.7. The van der Waals surface area contributed by atoms with Gasteiger partial charge in [-0.25, -0.2) is 4.98 Å². The Hall–Kier alpha value is -1.15. The van der Waals surface area contributed by atoms with Gasteiger partial charge in [0.2, 0.25) is 5.88 Å². The van der Waals surface area contributed by atoms with E-state index in [9.17, 15) is 0 Å². The third-order valence-electron chi connectivity index (χ3n) is 4.80. The minimum atomic E-state index is -0.443. The first-order chi connectivity index (χ1) is 10.8. The Morgan fingerprint density at radius 1 is 1.09 bits per heavy atom. The summed E-state index contributed by atoms with van der Waals surface area (Å²) in [5.41, 5.74) is 1.00. The summed E-state index contributed by atoms with van der Waals surface area (Å²) in [5, 5.41) is 0. The molecule has 1 aromatic rings. The standard InChI is InChI=1S/C16H24BNO5/c1-15(2)16(3,4)23-17(22-15)12-6-13(18-14(7-12)19-5)11-8-20-10-21-9-11/h6-7,11H,8-10H2,1-5H3. The highest BCUT2D eigenvalue weighted by molar-refractivity contribution is 6.62. The van der Waals surface area contributed by atoms with E-state index in [2.05, 4.69) is 4.98 Å². The molecule has 3 rings (SSSR count). The highest BCUT2D eigenvalue weighted by Gasteiger charge is 2.52. The van der Waals surface area contributed by atoms with Crippen molar-refractivity contribution in [1.29, 1.82) is 0 Å². The van der Waals surface area contributed by atoms with Crippen molar-refractivity contribution in [3.63, 3.8) is 0 Å². The van der Waals surface area contributed by atoms with E-state index in [4.69, 9.17) is 23.5 Å². The Morgan fingerprint density at radius 3 is 2.26 bits per heavy atom. The van der Waals surface area contributed by atoms with Gasteiger partial charge in [-0.15, -0.1) is 0 Å². The highest BCUT2D eigenvalue weighted by Crippen LogP contribution is 2.36. The first-order valence-electron chi connectivity index (χ1n) is 7.89. The van der Waals surface area contributed by atoms with Crippen LogP contribution in [0, 0.1) is 0 Å². The molecule has 0 amide bonds. The van der Waals surface area contributed by atoms with Crippen LogP contribution in [-0.4, -0.2) is 50.4 Å². The fourth-order valence-corrected chi connectivity index (χ4v) is 2.63. The third-order valence-corrected chi connectivity index (χ3v) is 4.80. The second kappa shape index (κ2) is 6.05. The number of aromatic nitrogens is 1. The second-order valence-corrected chi connectivity index (χ2v) is 7.01. The first kappa shape index (κ1) is 16.7. The topological polar surface area (TPSA) is 59.0 Å². The molecule has 2 fully saturated rings. The van der Waals surface area contributed by atoms with Crippen molar-refractivity contribution in [3.8, 4) is 5.88 Å². The molecule has 0 unspecified atom stereocenters. The lowest BCUT2D eigenvalue weighted by molar-refractivity contribution is -0.108. The number of ether oxygens (including phenoxy) is 3. The zero-order valence-electron chi connectivity index (χ0n) is 14.4. The molecule has 0 atom stereocenters. The maximum Gasteiger partial charge on any atom is 0.495 e. The van der Waals surface area contributed by atoms with E-state index in [1.807, 2.05) is 39.8 Å². The van der Waals surface area contributed by atoms with Crippen LogP contribution in [0.1, 0.15) is 39.3 Å². The molecule has 0 saturated carbocycles. The van der Waals surface area contributed by atoms with E-state index in [0.29, 0.717) is 25.9 Å². The summed E-state index contributed by atoms with van der Waals surface area (Å²) < 4.78 is 28.3. The van der Waals surface area contributed by atoms with Gasteiger partial charge in [0, 0.05) is 12.0 Å². The van der Waals surface area contributed by atoms with E-state index in [1.54, 1.807) is 7.11 Å². The van der Waals surface area contributed by atoms with Gasteiger partial charge in [-0.2, -0.15) is 0 Å². The average molecular weight is 321 g/mol. The fraction of sp³-hybridized carbons (Fsp3) is 0.688. The van der Waals surface area contributed by atoms with Crippen molar-refractivity contribution >= 4 is 12.6 Å². The number of pyridine rings is 1. The van der Waals surface area contributed by atoms with Crippen LogP contribution in [0.3, 0.4) is 0 Å². The lowest BCUT2D eigenvalue weighted by Gasteiger charge is -2.32. The fourth-order valence-electron chi connectivity index (χ4n) is 2.63. The van der Waals surface area contributed by atoms with E-state index in [1.165, 1.54) is 0 Å². The van der Waals surface area contributed by atoms with Gasteiger partial charge in [0.25, 0.3) is 0 Å². The van der Waals surface area contributed by atoms with Crippen molar-refractivity contribution in [2.75, 3.05) is 27.1 Å². The van der Waals surface area contributed by atoms with Gasteiger partial charge < -0.3 is 23.5 Å². The van der Waals surface area contributed by atoms with Crippen molar-refractivity contribution in [2.24, 2.45) is 0 Å². The van der Waals surface area contributed by atoms with Crippen molar-refractivity contribution < 1.29 is 23.5 Å². The molecule has 0 spiro atoms. The minimum Gasteiger partial charge on any atom is -0.481 e. The molecular weight excluding hydrogens is 297 g/mol. The van der Waals surface area contributed by atoms with Crippen molar-refractivity contribution in [2.45, 2.75) is 44.8 Å². The molecule has 1 aromatic heterocycles. The minimum absolute atomic E-state index is 0.0834. The van der Waals surface area contributed by atoms with Gasteiger partial charge in [-0.1, -0.05) is 0 Å². The largest absolute Gasteiger partial charge is 0.495 e. The predicted molar refractivity (Wildman–Crippen MR) is 86.0 cm³/mol. The van der Waals surface area contributed by atoms with E-state index >= 15 is 0 Å². The van der Waals surface area contributed by atoms with Gasteiger partial charge in [-0.3, -0.25) is 0 Å². The highest BCUT2D eigenvalue weighted by atomic mass is 16.7. The molecule has 2 aliphatic heterocycles. The average Bonchev–Trinajstić information content (AvgIpc) is 2.76. The summed E-state index contributed by atoms with van der Waals surface area (Å²) in [4.78, 5) is 4.53. The maximum absolute atomic E-state index is 6.12. The van der Waals surface area contributed by atoms with Gasteiger partial charge in [0.05, 0.1) is 37.2 Å². The summed E-state index contributed by atoms with van der Waals surface area (Å²) in [6, 6.07) is 3.85. The lowest BCUT2D eigenvalue weighted by Crippen LogP contribution is -2.41. The van der Waals surface area contributed by atoms with E-state index in [0.717, 1.165) is 11.2 Å². The SMILES string of the molecule is COc1cc(B2OC(C)(C)C(C)(C)O2)cc(C2COCOC2)n1. The zero-order valence-corrected chi connectivity index (χ0v) is 14.4. The van der Waals surface area contributed by atoms with Crippen LogP contribution < -0.4 is 10.2 Å². The lowest BCUT2D eigenvalue weighted by atomic mass is 9.78. The molecule has 23 heavy (non-hydrogen) atoms. The molecule has 126 valence electrons. The smallest absolute Gasteiger partial charge is 0.481 e. The van der Waals surface area contributed by atoms with Gasteiger partial charge >= 0.3 is 7.12 Å². The van der Waals surface area contributed by atoms with Gasteiger partial charge in [0.1, 0.15) is 6.79 Å². The molecule has 0 bridgehead atoms. The summed E-state index contributed by atoms with van der Waals surface area (Å²) >= 11 is 0.